The van der Waals surface area contributed by atoms with Crippen LogP contribution in [0.25, 0.3) is 0 Å². The topological polar surface area (TPSA) is 47.6 Å². The molecular formula is C27H26NO3P. The lowest BCUT2D eigenvalue weighted by molar-refractivity contribution is 0.185. The standard InChI is InChI=1S/C27H26NO3P/c29-32(30-21-23-13-5-1-6-14-23,31-22-24-15-7-2-8-16-24)27(25-17-9-3-10-18-25)28-26-19-11-4-12-20-26/h1-20,27-28H,21-22H2. The van der Waals surface area contributed by atoms with Gasteiger partial charge in [0.05, 0.1) is 13.2 Å². The second kappa shape index (κ2) is 10.9. The van der Waals surface area contributed by atoms with Crippen LogP contribution in [0.5, 0.6) is 0 Å². The zero-order chi connectivity index (χ0) is 22.1. The van der Waals surface area contributed by atoms with Crippen LogP contribution in [0, 0.1) is 0 Å². The number of hydrogen-bond donors (Lipinski definition) is 1. The molecule has 0 saturated carbocycles. The molecule has 4 nitrogen and oxygen atoms in total. The van der Waals surface area contributed by atoms with Gasteiger partial charge in [0.1, 0.15) is 0 Å². The van der Waals surface area contributed by atoms with Crippen molar-refractivity contribution in [3.05, 3.63) is 138 Å². The minimum absolute atomic E-state index is 0.187. The molecule has 4 aromatic rings. The summed E-state index contributed by atoms with van der Waals surface area (Å²) in [6.07, 6.45) is 0. The summed E-state index contributed by atoms with van der Waals surface area (Å²) >= 11 is 0. The highest BCUT2D eigenvalue weighted by Crippen LogP contribution is 2.61. The normalized spacial score (nSPS) is 12.2. The molecule has 1 N–H and O–H groups in total. The van der Waals surface area contributed by atoms with Crippen molar-refractivity contribution in [3.8, 4) is 0 Å². The molecule has 0 aliphatic heterocycles. The molecule has 0 aliphatic carbocycles. The maximum Gasteiger partial charge on any atom is 0.357 e. The Morgan fingerprint density at radius 1 is 0.594 bits per heavy atom. The van der Waals surface area contributed by atoms with Crippen LogP contribution in [0.2, 0.25) is 0 Å². The van der Waals surface area contributed by atoms with Crippen LogP contribution in [-0.2, 0) is 26.8 Å². The summed E-state index contributed by atoms with van der Waals surface area (Å²) in [6.45, 7) is 0.374. The first-order valence-electron chi connectivity index (χ1n) is 10.6. The highest BCUT2D eigenvalue weighted by atomic mass is 31.2. The molecule has 5 heteroatoms. The van der Waals surface area contributed by atoms with Crippen molar-refractivity contribution in [1.82, 2.24) is 0 Å². The smallest absolute Gasteiger partial charge is 0.357 e. The van der Waals surface area contributed by atoms with Crippen molar-refractivity contribution >= 4 is 13.3 Å². The summed E-state index contributed by atoms with van der Waals surface area (Å²) in [4.78, 5) is 0. The summed E-state index contributed by atoms with van der Waals surface area (Å²) in [5.41, 5.74) is 3.54. The van der Waals surface area contributed by atoms with E-state index in [0.29, 0.717) is 0 Å². The first kappa shape index (κ1) is 22.0. The van der Waals surface area contributed by atoms with E-state index in [0.717, 1.165) is 22.4 Å². The largest absolute Gasteiger partial charge is 0.368 e. The highest BCUT2D eigenvalue weighted by molar-refractivity contribution is 7.54. The van der Waals surface area contributed by atoms with Crippen LogP contribution in [0.3, 0.4) is 0 Å². The molecule has 0 saturated heterocycles. The van der Waals surface area contributed by atoms with Crippen LogP contribution in [0.15, 0.2) is 121 Å². The lowest BCUT2D eigenvalue weighted by atomic mass is 10.2. The third-order valence-corrected chi connectivity index (χ3v) is 7.05. The van der Waals surface area contributed by atoms with Gasteiger partial charge in [0, 0.05) is 5.69 Å². The van der Waals surface area contributed by atoms with Crippen molar-refractivity contribution in [2.45, 2.75) is 19.0 Å². The fourth-order valence-corrected chi connectivity index (χ4v) is 5.21. The van der Waals surface area contributed by atoms with Crippen molar-refractivity contribution in [3.63, 3.8) is 0 Å². The maximum atomic E-state index is 14.4. The molecule has 0 aromatic heterocycles. The number of rotatable bonds is 10. The first-order chi connectivity index (χ1) is 15.7. The SMILES string of the molecule is O=P(OCc1ccccc1)(OCc1ccccc1)C(Nc1ccccc1)c1ccccc1. The summed E-state index contributed by atoms with van der Waals surface area (Å²) in [5.74, 6) is -0.668. The number of hydrogen-bond acceptors (Lipinski definition) is 4. The summed E-state index contributed by atoms with van der Waals surface area (Å²) in [7, 11) is -3.66. The Balaban J connectivity index is 1.66. The van der Waals surface area contributed by atoms with Gasteiger partial charge in [0.25, 0.3) is 0 Å². The Morgan fingerprint density at radius 2 is 1.00 bits per heavy atom. The van der Waals surface area contributed by atoms with Crippen LogP contribution < -0.4 is 5.32 Å². The fraction of sp³-hybridized carbons (Fsp3) is 0.111. The molecule has 0 aliphatic rings. The van der Waals surface area contributed by atoms with E-state index in [4.69, 9.17) is 9.05 Å². The quantitative estimate of drug-likeness (QED) is 0.259. The molecule has 0 amide bonds. The van der Waals surface area contributed by atoms with E-state index >= 15 is 0 Å². The van der Waals surface area contributed by atoms with Crippen LogP contribution in [0.4, 0.5) is 5.69 Å². The Labute approximate surface area is 189 Å². The van der Waals surface area contributed by atoms with Gasteiger partial charge < -0.3 is 14.4 Å². The molecular weight excluding hydrogens is 417 g/mol. The van der Waals surface area contributed by atoms with E-state index < -0.39 is 13.4 Å². The third-order valence-electron chi connectivity index (χ3n) is 5.02. The van der Waals surface area contributed by atoms with E-state index in [-0.39, 0.29) is 13.2 Å². The van der Waals surface area contributed by atoms with Gasteiger partial charge in [-0.05, 0) is 28.8 Å². The summed E-state index contributed by atoms with van der Waals surface area (Å²) < 4.78 is 26.6. The molecule has 0 radical (unpaired) electrons. The average Bonchev–Trinajstić information content (AvgIpc) is 2.87. The molecule has 0 spiro atoms. The van der Waals surface area contributed by atoms with Gasteiger partial charge in [0.2, 0.25) is 0 Å². The Kier molecular flexibility index (Phi) is 7.52. The van der Waals surface area contributed by atoms with E-state index in [1.54, 1.807) is 0 Å². The van der Waals surface area contributed by atoms with Crippen molar-refractivity contribution in [2.75, 3.05) is 5.32 Å². The molecule has 0 bridgehead atoms. The third kappa shape index (κ3) is 5.95. The zero-order valence-corrected chi connectivity index (χ0v) is 18.6. The minimum atomic E-state index is -3.66. The van der Waals surface area contributed by atoms with Gasteiger partial charge >= 0.3 is 7.60 Å². The predicted molar refractivity (Wildman–Crippen MR) is 129 cm³/mol. The number of para-hydroxylation sites is 1. The van der Waals surface area contributed by atoms with Crippen LogP contribution in [0.1, 0.15) is 22.5 Å². The number of benzene rings is 4. The monoisotopic (exact) mass is 443 g/mol. The van der Waals surface area contributed by atoms with Gasteiger partial charge in [-0.3, -0.25) is 4.57 Å². The summed E-state index contributed by atoms with van der Waals surface area (Å²) in [6, 6.07) is 38.8. The zero-order valence-electron chi connectivity index (χ0n) is 17.7. The Hall–Kier alpha value is -3.17. The first-order valence-corrected chi connectivity index (χ1v) is 12.2. The Morgan fingerprint density at radius 3 is 1.47 bits per heavy atom. The van der Waals surface area contributed by atoms with Crippen molar-refractivity contribution < 1.29 is 13.6 Å². The molecule has 0 heterocycles. The van der Waals surface area contributed by atoms with Gasteiger partial charge in [-0.15, -0.1) is 0 Å². The van der Waals surface area contributed by atoms with E-state index in [1.807, 2.05) is 121 Å². The molecule has 32 heavy (non-hydrogen) atoms. The Bertz CT molecular complexity index is 1080. The molecule has 162 valence electrons. The lowest BCUT2D eigenvalue weighted by Crippen LogP contribution is -2.15. The second-order valence-electron chi connectivity index (χ2n) is 7.38. The molecule has 0 fully saturated rings. The molecule has 4 rings (SSSR count). The van der Waals surface area contributed by atoms with E-state index in [9.17, 15) is 4.57 Å². The van der Waals surface area contributed by atoms with E-state index in [2.05, 4.69) is 5.32 Å². The maximum absolute atomic E-state index is 14.4. The number of nitrogens with one attached hydrogen (secondary N) is 1. The van der Waals surface area contributed by atoms with Crippen molar-refractivity contribution in [1.29, 1.82) is 0 Å². The minimum Gasteiger partial charge on any atom is -0.368 e. The van der Waals surface area contributed by atoms with Crippen molar-refractivity contribution in [2.24, 2.45) is 0 Å². The van der Waals surface area contributed by atoms with Crippen LogP contribution in [-0.4, -0.2) is 0 Å². The van der Waals surface area contributed by atoms with E-state index in [1.165, 1.54) is 0 Å². The van der Waals surface area contributed by atoms with Gasteiger partial charge in [-0.1, -0.05) is 109 Å². The van der Waals surface area contributed by atoms with Gasteiger partial charge in [-0.25, -0.2) is 0 Å². The average molecular weight is 443 g/mol. The fourth-order valence-electron chi connectivity index (χ4n) is 3.34. The molecule has 4 aromatic carbocycles. The number of anilines is 1. The summed E-state index contributed by atoms with van der Waals surface area (Å²) in [5, 5.41) is 3.40. The highest BCUT2D eigenvalue weighted by Gasteiger charge is 2.38. The molecule has 1 unspecified atom stereocenters. The van der Waals surface area contributed by atoms with Gasteiger partial charge in [-0.2, -0.15) is 0 Å². The lowest BCUT2D eigenvalue weighted by Gasteiger charge is -2.29. The molecule has 1 atom stereocenters. The predicted octanol–water partition coefficient (Wildman–Crippen LogP) is 7.42. The van der Waals surface area contributed by atoms with Crippen LogP contribution >= 0.6 is 7.60 Å². The van der Waals surface area contributed by atoms with Gasteiger partial charge in [0.15, 0.2) is 5.78 Å². The second-order valence-corrected chi connectivity index (χ2v) is 9.49.